The molecule has 124 valence electrons. The van der Waals surface area contributed by atoms with Gasteiger partial charge in [0.15, 0.2) is 0 Å². The summed E-state index contributed by atoms with van der Waals surface area (Å²) in [7, 11) is 0. The van der Waals surface area contributed by atoms with Crippen LogP contribution < -0.4 is 10.6 Å². The van der Waals surface area contributed by atoms with Crippen LogP contribution in [0.25, 0.3) is 0 Å². The fourth-order valence-corrected chi connectivity index (χ4v) is 2.64. The van der Waals surface area contributed by atoms with Gasteiger partial charge < -0.3 is 20.5 Å². The predicted molar refractivity (Wildman–Crippen MR) is 84.1 cm³/mol. The molecule has 3 N–H and O–H groups in total. The van der Waals surface area contributed by atoms with Crippen molar-refractivity contribution < 1.29 is 14.6 Å². The number of carbonyl (C=O) groups is 1. The van der Waals surface area contributed by atoms with Crippen LogP contribution in [0.15, 0.2) is 0 Å². The van der Waals surface area contributed by atoms with Gasteiger partial charge in [-0.2, -0.15) is 0 Å². The molecule has 1 saturated carbocycles. The topological polar surface area (TPSA) is 70.6 Å². The second-order valence-corrected chi connectivity index (χ2v) is 6.30. The first kappa shape index (κ1) is 18.4. The Kier molecular flexibility index (Phi) is 8.88. The van der Waals surface area contributed by atoms with E-state index in [0.717, 1.165) is 25.2 Å². The second-order valence-electron chi connectivity index (χ2n) is 6.30. The summed E-state index contributed by atoms with van der Waals surface area (Å²) in [5.74, 6) is 0.701. The Morgan fingerprint density at radius 3 is 2.86 bits per heavy atom. The third kappa shape index (κ3) is 7.79. The summed E-state index contributed by atoms with van der Waals surface area (Å²) < 4.78 is 5.78. The molecule has 0 heterocycles. The molecule has 5 nitrogen and oxygen atoms in total. The quantitative estimate of drug-likeness (QED) is 0.603. The van der Waals surface area contributed by atoms with Gasteiger partial charge in [0.1, 0.15) is 0 Å². The van der Waals surface area contributed by atoms with Crippen LogP contribution in [0.5, 0.6) is 0 Å². The molecule has 4 atom stereocenters. The number of aliphatic hydroxyl groups excluding tert-OH is 1. The lowest BCUT2D eigenvalue weighted by molar-refractivity contribution is -0.122. The SMILES string of the molecule is CCCNC(=O)C(C)NCC(O)COC1CCCC(C)C1. The Morgan fingerprint density at radius 2 is 2.19 bits per heavy atom. The first-order chi connectivity index (χ1) is 10.0. The van der Waals surface area contributed by atoms with Crippen molar-refractivity contribution in [1.29, 1.82) is 0 Å². The van der Waals surface area contributed by atoms with Crippen molar-refractivity contribution in [3.8, 4) is 0 Å². The zero-order valence-electron chi connectivity index (χ0n) is 13.7. The van der Waals surface area contributed by atoms with Gasteiger partial charge in [0.25, 0.3) is 0 Å². The zero-order valence-corrected chi connectivity index (χ0v) is 13.7. The number of ether oxygens (including phenoxy) is 1. The van der Waals surface area contributed by atoms with Crippen LogP contribution in [0.3, 0.4) is 0 Å². The molecule has 21 heavy (non-hydrogen) atoms. The largest absolute Gasteiger partial charge is 0.389 e. The van der Waals surface area contributed by atoms with Crippen molar-refractivity contribution in [3.05, 3.63) is 0 Å². The number of aliphatic hydroxyl groups is 1. The van der Waals surface area contributed by atoms with Gasteiger partial charge in [-0.3, -0.25) is 4.79 Å². The number of rotatable bonds is 9. The summed E-state index contributed by atoms with van der Waals surface area (Å²) >= 11 is 0. The van der Waals surface area contributed by atoms with Crippen LogP contribution in [0.2, 0.25) is 0 Å². The highest BCUT2D eigenvalue weighted by Crippen LogP contribution is 2.25. The smallest absolute Gasteiger partial charge is 0.236 e. The molecule has 0 saturated heterocycles. The molecule has 1 amide bonds. The van der Waals surface area contributed by atoms with E-state index in [9.17, 15) is 9.90 Å². The van der Waals surface area contributed by atoms with Gasteiger partial charge in [-0.05, 0) is 32.1 Å². The van der Waals surface area contributed by atoms with Crippen LogP contribution in [-0.4, -0.2) is 49.0 Å². The highest BCUT2D eigenvalue weighted by molar-refractivity contribution is 5.81. The summed E-state index contributed by atoms with van der Waals surface area (Å²) in [5.41, 5.74) is 0. The zero-order chi connectivity index (χ0) is 15.7. The van der Waals surface area contributed by atoms with E-state index in [4.69, 9.17) is 4.74 Å². The number of carbonyl (C=O) groups excluding carboxylic acids is 1. The average molecular weight is 300 g/mol. The lowest BCUT2D eigenvalue weighted by Crippen LogP contribution is -2.45. The van der Waals surface area contributed by atoms with Gasteiger partial charge in [0, 0.05) is 13.1 Å². The van der Waals surface area contributed by atoms with Crippen molar-refractivity contribution in [2.45, 2.75) is 71.1 Å². The van der Waals surface area contributed by atoms with Crippen molar-refractivity contribution >= 4 is 5.91 Å². The van der Waals surface area contributed by atoms with Crippen LogP contribution in [0.1, 0.15) is 52.9 Å². The Morgan fingerprint density at radius 1 is 1.43 bits per heavy atom. The molecule has 0 spiro atoms. The van der Waals surface area contributed by atoms with E-state index in [2.05, 4.69) is 17.6 Å². The lowest BCUT2D eigenvalue weighted by Gasteiger charge is -2.27. The van der Waals surface area contributed by atoms with Gasteiger partial charge in [-0.1, -0.05) is 26.7 Å². The molecule has 0 bridgehead atoms. The maximum absolute atomic E-state index is 11.7. The summed E-state index contributed by atoms with van der Waals surface area (Å²) in [4.78, 5) is 11.7. The Labute approximate surface area is 128 Å². The van der Waals surface area contributed by atoms with E-state index in [1.165, 1.54) is 12.8 Å². The van der Waals surface area contributed by atoms with E-state index in [-0.39, 0.29) is 18.1 Å². The number of hydrogen-bond acceptors (Lipinski definition) is 4. The standard InChI is InChI=1S/C16H32N2O3/c1-4-8-17-16(20)13(3)18-10-14(19)11-21-15-7-5-6-12(2)9-15/h12-15,18-19H,4-11H2,1-3H3,(H,17,20). The number of amides is 1. The summed E-state index contributed by atoms with van der Waals surface area (Å²) in [6.45, 7) is 7.49. The molecule has 0 aromatic heterocycles. The molecular formula is C16H32N2O3. The fourth-order valence-electron chi connectivity index (χ4n) is 2.64. The maximum Gasteiger partial charge on any atom is 0.236 e. The average Bonchev–Trinajstić information content (AvgIpc) is 2.48. The second kappa shape index (κ2) is 10.1. The number of nitrogens with one attached hydrogen (secondary N) is 2. The van der Waals surface area contributed by atoms with Crippen LogP contribution in [-0.2, 0) is 9.53 Å². The maximum atomic E-state index is 11.7. The molecule has 1 rings (SSSR count). The van der Waals surface area contributed by atoms with Crippen molar-refractivity contribution in [2.75, 3.05) is 19.7 Å². The fraction of sp³-hybridized carbons (Fsp3) is 0.938. The van der Waals surface area contributed by atoms with Crippen molar-refractivity contribution in [1.82, 2.24) is 10.6 Å². The van der Waals surface area contributed by atoms with Gasteiger partial charge in [-0.25, -0.2) is 0 Å². The molecule has 0 aliphatic heterocycles. The first-order valence-corrected chi connectivity index (χ1v) is 8.33. The lowest BCUT2D eigenvalue weighted by atomic mass is 9.89. The molecule has 0 aromatic carbocycles. The summed E-state index contributed by atoms with van der Waals surface area (Å²) in [6.07, 6.45) is 5.34. The Bertz CT molecular complexity index is 299. The minimum absolute atomic E-state index is 0.0222. The molecule has 1 fully saturated rings. The van der Waals surface area contributed by atoms with Crippen molar-refractivity contribution in [3.63, 3.8) is 0 Å². The van der Waals surface area contributed by atoms with Gasteiger partial charge in [-0.15, -0.1) is 0 Å². The first-order valence-electron chi connectivity index (χ1n) is 8.33. The van der Waals surface area contributed by atoms with E-state index in [0.29, 0.717) is 19.7 Å². The summed E-state index contributed by atoms with van der Waals surface area (Å²) in [5, 5.41) is 15.8. The minimum Gasteiger partial charge on any atom is -0.389 e. The monoisotopic (exact) mass is 300 g/mol. The van der Waals surface area contributed by atoms with Crippen LogP contribution in [0.4, 0.5) is 0 Å². The Hall–Kier alpha value is -0.650. The molecule has 1 aliphatic carbocycles. The highest BCUT2D eigenvalue weighted by Gasteiger charge is 2.20. The van der Waals surface area contributed by atoms with Crippen molar-refractivity contribution in [2.24, 2.45) is 5.92 Å². The highest BCUT2D eigenvalue weighted by atomic mass is 16.5. The van der Waals surface area contributed by atoms with E-state index in [1.807, 2.05) is 6.92 Å². The minimum atomic E-state index is -0.566. The van der Waals surface area contributed by atoms with E-state index >= 15 is 0 Å². The molecular weight excluding hydrogens is 268 g/mol. The number of hydrogen-bond donors (Lipinski definition) is 3. The third-order valence-electron chi connectivity index (χ3n) is 4.01. The van der Waals surface area contributed by atoms with Gasteiger partial charge in [0.05, 0.1) is 24.9 Å². The van der Waals surface area contributed by atoms with E-state index in [1.54, 1.807) is 6.92 Å². The molecule has 1 aliphatic rings. The van der Waals surface area contributed by atoms with Crippen LogP contribution in [0, 0.1) is 5.92 Å². The molecule has 4 unspecified atom stereocenters. The summed E-state index contributed by atoms with van der Waals surface area (Å²) in [6, 6.07) is -0.291. The molecule has 5 heteroatoms. The van der Waals surface area contributed by atoms with Crippen LogP contribution >= 0.6 is 0 Å². The third-order valence-corrected chi connectivity index (χ3v) is 4.01. The van der Waals surface area contributed by atoms with Gasteiger partial charge >= 0.3 is 0 Å². The Balaban J connectivity index is 2.12. The molecule has 0 aromatic rings. The van der Waals surface area contributed by atoms with Gasteiger partial charge in [0.2, 0.25) is 5.91 Å². The normalized spacial score (nSPS) is 25.3. The molecule has 0 radical (unpaired) electrons. The predicted octanol–water partition coefficient (Wildman–Crippen LogP) is 1.45. The van der Waals surface area contributed by atoms with E-state index < -0.39 is 6.10 Å².